The first kappa shape index (κ1) is 24.7. The normalized spacial score (nSPS) is 20.0. The molecule has 0 unspecified atom stereocenters. The molecule has 14 heteroatoms. The number of hydrogen-bond acceptors (Lipinski definition) is 10. The smallest absolute Gasteiger partial charge is 0.435 e. The topological polar surface area (TPSA) is 99.5 Å². The minimum Gasteiger partial charge on any atom is -0.435 e. The van der Waals surface area contributed by atoms with Crippen molar-refractivity contribution >= 4 is 35.2 Å². The molecule has 6 rings (SSSR count). The highest BCUT2D eigenvalue weighted by Crippen LogP contribution is 2.47. The van der Waals surface area contributed by atoms with E-state index in [0.717, 1.165) is 29.0 Å². The summed E-state index contributed by atoms with van der Waals surface area (Å²) in [6.07, 6.45) is -0.482. The van der Waals surface area contributed by atoms with Crippen molar-refractivity contribution in [3.05, 3.63) is 80.1 Å². The summed E-state index contributed by atoms with van der Waals surface area (Å²) in [6, 6.07) is 4.98. The van der Waals surface area contributed by atoms with Crippen LogP contribution >= 0.6 is 23.1 Å². The number of thioether (sulfide) groups is 1. The summed E-state index contributed by atoms with van der Waals surface area (Å²) >= 11 is 2.87. The SMILES string of the molecule is COC(=O)OOc1c2n(ccc1=O)N([C@H]1c3ccsc3SCc3c1ccc(F)c3F)[C@@H]1COCCN1C2=O. The Kier molecular flexibility index (Phi) is 6.24. The van der Waals surface area contributed by atoms with Crippen molar-refractivity contribution in [2.75, 3.05) is 31.9 Å². The van der Waals surface area contributed by atoms with E-state index in [1.54, 1.807) is 5.01 Å². The molecule has 5 heterocycles. The number of benzene rings is 1. The van der Waals surface area contributed by atoms with Gasteiger partial charge in [0.2, 0.25) is 5.43 Å². The van der Waals surface area contributed by atoms with Gasteiger partial charge in [0.15, 0.2) is 17.3 Å². The summed E-state index contributed by atoms with van der Waals surface area (Å²) in [4.78, 5) is 49.2. The number of thiophene rings is 1. The van der Waals surface area contributed by atoms with Crippen LogP contribution in [0.2, 0.25) is 0 Å². The number of amides is 1. The summed E-state index contributed by atoms with van der Waals surface area (Å²) in [7, 11) is 1.06. The maximum atomic E-state index is 15.1. The molecule has 1 amide bonds. The highest BCUT2D eigenvalue weighted by Gasteiger charge is 2.47. The predicted octanol–water partition coefficient (Wildman–Crippen LogP) is 3.41. The number of nitrogens with zero attached hydrogens (tertiary/aromatic N) is 3. The molecule has 198 valence electrons. The number of ether oxygens (including phenoxy) is 2. The number of hydrogen-bond donors (Lipinski definition) is 0. The average molecular weight is 564 g/mol. The summed E-state index contributed by atoms with van der Waals surface area (Å²) in [5.41, 5.74) is 0.629. The van der Waals surface area contributed by atoms with Gasteiger partial charge in [-0.3, -0.25) is 24.2 Å². The van der Waals surface area contributed by atoms with E-state index >= 15 is 4.39 Å². The molecule has 3 aliphatic rings. The molecule has 0 saturated carbocycles. The van der Waals surface area contributed by atoms with Crippen molar-refractivity contribution in [2.45, 2.75) is 22.2 Å². The van der Waals surface area contributed by atoms with Crippen molar-refractivity contribution in [2.24, 2.45) is 0 Å². The third kappa shape index (κ3) is 3.82. The van der Waals surface area contributed by atoms with E-state index in [4.69, 9.17) is 9.62 Å². The number of rotatable bonds is 3. The second kappa shape index (κ2) is 9.60. The third-order valence-corrected chi connectivity index (χ3v) is 8.90. The van der Waals surface area contributed by atoms with Crippen molar-refractivity contribution in [1.29, 1.82) is 0 Å². The molecule has 3 aliphatic heterocycles. The van der Waals surface area contributed by atoms with E-state index in [0.29, 0.717) is 5.56 Å². The van der Waals surface area contributed by atoms with Crippen LogP contribution in [0.3, 0.4) is 0 Å². The van der Waals surface area contributed by atoms with Crippen LogP contribution < -0.4 is 15.3 Å². The minimum atomic E-state index is -1.22. The van der Waals surface area contributed by atoms with Crippen LogP contribution in [0, 0.1) is 11.6 Å². The molecule has 38 heavy (non-hydrogen) atoms. The molecule has 2 aromatic heterocycles. The number of morpholine rings is 1. The van der Waals surface area contributed by atoms with Gasteiger partial charge in [0.25, 0.3) is 11.7 Å². The third-order valence-electron chi connectivity index (χ3n) is 6.61. The molecule has 2 atom stereocenters. The maximum absolute atomic E-state index is 15.1. The molecule has 0 N–H and O–H groups in total. The molecule has 0 spiro atoms. The van der Waals surface area contributed by atoms with Crippen LogP contribution in [-0.4, -0.2) is 54.7 Å². The summed E-state index contributed by atoms with van der Waals surface area (Å²) in [6.45, 7) is 0.569. The zero-order valence-electron chi connectivity index (χ0n) is 19.7. The van der Waals surface area contributed by atoms with Crippen LogP contribution in [0.15, 0.2) is 44.8 Å². The van der Waals surface area contributed by atoms with E-state index in [-0.39, 0.29) is 36.8 Å². The van der Waals surface area contributed by atoms with Gasteiger partial charge in [0.1, 0.15) is 12.2 Å². The summed E-state index contributed by atoms with van der Waals surface area (Å²) in [5.74, 6) is -2.74. The lowest BCUT2D eigenvalue weighted by Gasteiger charge is -2.51. The Hall–Kier alpha value is -3.62. The molecule has 0 aliphatic carbocycles. The molecule has 3 aromatic rings. The first-order chi connectivity index (χ1) is 18.4. The van der Waals surface area contributed by atoms with E-state index < -0.39 is 47.1 Å². The van der Waals surface area contributed by atoms with E-state index in [1.165, 1.54) is 44.9 Å². The van der Waals surface area contributed by atoms with Crippen LogP contribution in [0.25, 0.3) is 0 Å². The van der Waals surface area contributed by atoms with Crippen LogP contribution in [-0.2, 0) is 20.1 Å². The van der Waals surface area contributed by atoms with Gasteiger partial charge in [-0.25, -0.2) is 13.7 Å². The van der Waals surface area contributed by atoms with Crippen molar-refractivity contribution in [3.63, 3.8) is 0 Å². The van der Waals surface area contributed by atoms with Crippen molar-refractivity contribution in [1.82, 2.24) is 9.58 Å². The number of fused-ring (bicyclic) bond motifs is 4. The molecule has 0 radical (unpaired) electrons. The van der Waals surface area contributed by atoms with Crippen LogP contribution in [0.1, 0.15) is 33.2 Å². The van der Waals surface area contributed by atoms with Gasteiger partial charge >= 0.3 is 6.16 Å². The second-order valence-corrected chi connectivity index (χ2v) is 10.7. The Morgan fingerprint density at radius 1 is 1.16 bits per heavy atom. The Bertz CT molecular complexity index is 1510. The number of halogens is 2. The Morgan fingerprint density at radius 2 is 2.00 bits per heavy atom. The highest BCUT2D eigenvalue weighted by atomic mass is 32.2. The van der Waals surface area contributed by atoms with E-state index in [2.05, 4.69) is 9.62 Å². The molecular weight excluding hydrogens is 544 g/mol. The number of methoxy groups -OCH3 is 1. The molecule has 10 nitrogen and oxygen atoms in total. The number of carbonyl (C=O) groups is 2. The first-order valence-corrected chi connectivity index (χ1v) is 13.3. The average Bonchev–Trinajstić information content (AvgIpc) is 3.33. The lowest BCUT2D eigenvalue weighted by molar-refractivity contribution is -0.166. The van der Waals surface area contributed by atoms with Gasteiger partial charge in [-0.1, -0.05) is 6.07 Å². The van der Waals surface area contributed by atoms with Crippen molar-refractivity contribution < 1.29 is 37.6 Å². The molecular formula is C24H19F2N3O7S2. The minimum absolute atomic E-state index is 0.119. The Balaban J connectivity index is 1.60. The van der Waals surface area contributed by atoms with Gasteiger partial charge in [-0.2, -0.15) is 4.79 Å². The Labute approximate surface area is 222 Å². The quantitative estimate of drug-likeness (QED) is 0.270. The number of pyridine rings is 1. The first-order valence-electron chi connectivity index (χ1n) is 11.4. The zero-order chi connectivity index (χ0) is 26.6. The lowest BCUT2D eigenvalue weighted by atomic mass is 9.94. The molecule has 1 saturated heterocycles. The fourth-order valence-corrected chi connectivity index (χ4v) is 7.12. The zero-order valence-corrected chi connectivity index (χ0v) is 21.4. The molecule has 0 bridgehead atoms. The van der Waals surface area contributed by atoms with Gasteiger partial charge in [-0.05, 0) is 23.1 Å². The van der Waals surface area contributed by atoms with Gasteiger partial charge in [0.05, 0.1) is 24.5 Å². The monoisotopic (exact) mass is 563 g/mol. The highest BCUT2D eigenvalue weighted by molar-refractivity contribution is 8.00. The lowest BCUT2D eigenvalue weighted by Crippen LogP contribution is -2.66. The van der Waals surface area contributed by atoms with Crippen molar-refractivity contribution in [3.8, 4) is 5.75 Å². The van der Waals surface area contributed by atoms with Gasteiger partial charge in [0, 0.05) is 35.7 Å². The van der Waals surface area contributed by atoms with Gasteiger partial charge < -0.3 is 14.4 Å². The fourth-order valence-electron chi connectivity index (χ4n) is 4.94. The standard InChI is InChI=1S/C24H19F2N3O7S2/c1-33-24(32)36-35-21-16(30)4-6-28-20(21)22(31)27-7-8-34-10-17(27)29(28)19-12-2-3-15(25)18(26)14(12)11-38-23-13(19)5-9-37-23/h2-6,9,17,19H,7-8,10-11H2,1H3/t17-,19-/m1/s1. The van der Waals surface area contributed by atoms with Crippen LogP contribution in [0.4, 0.5) is 13.6 Å². The van der Waals surface area contributed by atoms with E-state index in [9.17, 15) is 18.8 Å². The number of aromatic nitrogens is 1. The Morgan fingerprint density at radius 3 is 2.82 bits per heavy atom. The fraction of sp³-hybridized carbons (Fsp3) is 0.292. The summed E-state index contributed by atoms with van der Waals surface area (Å²) in [5, 5.41) is 3.69. The molecule has 1 aromatic carbocycles. The van der Waals surface area contributed by atoms with Crippen LogP contribution in [0.5, 0.6) is 5.75 Å². The maximum Gasteiger partial charge on any atom is 0.549 e. The summed E-state index contributed by atoms with van der Waals surface area (Å²) < 4.78 is 41.9. The second-order valence-electron chi connectivity index (χ2n) is 8.54. The van der Waals surface area contributed by atoms with E-state index in [1.807, 2.05) is 11.4 Å². The largest absolute Gasteiger partial charge is 0.549 e. The van der Waals surface area contributed by atoms with Gasteiger partial charge in [-0.15, -0.1) is 23.1 Å². The number of carbonyl (C=O) groups excluding carboxylic acids is 2. The molecule has 1 fully saturated rings. The predicted molar refractivity (Wildman–Crippen MR) is 131 cm³/mol.